The van der Waals surface area contributed by atoms with Crippen LogP contribution in [0.1, 0.15) is 54.4 Å². The number of nitrogens with one attached hydrogen (secondary N) is 2. The lowest BCUT2D eigenvalue weighted by atomic mass is 9.82. The predicted octanol–water partition coefficient (Wildman–Crippen LogP) is 1.75. The monoisotopic (exact) mass is 399 g/mol. The van der Waals surface area contributed by atoms with Crippen molar-refractivity contribution in [3.63, 3.8) is 0 Å². The first kappa shape index (κ1) is 19.4. The smallest absolute Gasteiger partial charge is 0.306 e. The second-order valence-corrected chi connectivity index (χ2v) is 8.17. The summed E-state index contributed by atoms with van der Waals surface area (Å²) in [4.78, 5) is 49.1. The van der Waals surface area contributed by atoms with Crippen molar-refractivity contribution >= 4 is 29.4 Å². The number of piperidine rings is 1. The number of hydrogen-bond acceptors (Lipinski definition) is 5. The molecule has 1 aromatic rings. The molecule has 1 aromatic carbocycles. The molecule has 8 nitrogen and oxygen atoms in total. The van der Waals surface area contributed by atoms with Gasteiger partial charge in [0.25, 0.3) is 5.91 Å². The van der Waals surface area contributed by atoms with Crippen LogP contribution >= 0.6 is 0 Å². The summed E-state index contributed by atoms with van der Waals surface area (Å²) in [6.07, 6.45) is 3.74. The van der Waals surface area contributed by atoms with E-state index in [0.717, 1.165) is 30.6 Å². The van der Waals surface area contributed by atoms with Crippen LogP contribution in [0, 0.1) is 11.8 Å². The summed E-state index contributed by atoms with van der Waals surface area (Å²) >= 11 is 0. The molecule has 0 aromatic heterocycles. The fraction of sp³-hybridized carbons (Fsp3) is 0.524. The van der Waals surface area contributed by atoms with Gasteiger partial charge in [-0.1, -0.05) is 6.07 Å². The minimum atomic E-state index is -0.704. The van der Waals surface area contributed by atoms with Gasteiger partial charge in [0.2, 0.25) is 11.8 Å². The van der Waals surface area contributed by atoms with Crippen LogP contribution in [0.3, 0.4) is 0 Å². The Morgan fingerprint density at radius 3 is 2.59 bits per heavy atom. The maximum Gasteiger partial charge on any atom is 0.306 e. The maximum absolute atomic E-state index is 12.9. The largest absolute Gasteiger partial charge is 0.481 e. The first-order valence-electron chi connectivity index (χ1n) is 10.2. The fourth-order valence-electron chi connectivity index (χ4n) is 4.62. The summed E-state index contributed by atoms with van der Waals surface area (Å²) in [7, 11) is 0. The summed E-state index contributed by atoms with van der Waals surface area (Å²) in [5.74, 6) is -1.41. The number of aliphatic carboxylic acids is 1. The number of benzene rings is 1. The Kier molecular flexibility index (Phi) is 5.25. The normalized spacial score (nSPS) is 26.8. The van der Waals surface area contributed by atoms with Gasteiger partial charge < -0.3 is 15.3 Å². The van der Waals surface area contributed by atoms with Crippen LogP contribution in [0.2, 0.25) is 0 Å². The highest BCUT2D eigenvalue weighted by atomic mass is 16.4. The second-order valence-electron chi connectivity index (χ2n) is 8.17. The minimum Gasteiger partial charge on any atom is -0.481 e. The van der Waals surface area contributed by atoms with E-state index in [1.54, 1.807) is 11.0 Å². The zero-order valence-corrected chi connectivity index (χ0v) is 16.1. The number of carboxylic acids is 1. The van der Waals surface area contributed by atoms with E-state index in [-0.39, 0.29) is 24.2 Å². The van der Waals surface area contributed by atoms with Crippen molar-refractivity contribution in [3.8, 4) is 0 Å². The van der Waals surface area contributed by atoms with Gasteiger partial charge in [-0.25, -0.2) is 0 Å². The van der Waals surface area contributed by atoms with Gasteiger partial charge >= 0.3 is 5.97 Å². The first-order valence-corrected chi connectivity index (χ1v) is 10.2. The molecule has 1 atom stereocenters. The maximum atomic E-state index is 12.9. The standard InChI is InChI=1S/C21H25N3O5/c25-18-9-8-17(19(26)23-18)24-11-15-14(20(24)27)2-1-3-16(15)22-10-12-4-6-13(7-5-12)21(28)29/h1-3,12-13,17,22H,4-11H2,(H,28,29)(H,23,25,26). The molecule has 1 saturated heterocycles. The zero-order valence-electron chi connectivity index (χ0n) is 16.1. The molecule has 2 fully saturated rings. The van der Waals surface area contributed by atoms with Crippen LogP contribution in [-0.4, -0.2) is 46.3 Å². The Bertz CT molecular complexity index is 860. The van der Waals surface area contributed by atoms with E-state index in [4.69, 9.17) is 5.11 Å². The summed E-state index contributed by atoms with van der Waals surface area (Å²) in [5, 5.41) is 14.9. The highest BCUT2D eigenvalue weighted by Crippen LogP contribution is 2.34. The number of imide groups is 1. The number of carbonyl (C=O) groups is 4. The number of rotatable bonds is 5. The van der Waals surface area contributed by atoms with Crippen molar-refractivity contribution in [2.75, 3.05) is 11.9 Å². The molecule has 3 aliphatic rings. The van der Waals surface area contributed by atoms with Crippen LogP contribution in [0.15, 0.2) is 18.2 Å². The van der Waals surface area contributed by atoms with Crippen molar-refractivity contribution in [1.82, 2.24) is 10.2 Å². The summed E-state index contributed by atoms with van der Waals surface area (Å²) in [6.45, 7) is 1.07. The van der Waals surface area contributed by atoms with E-state index >= 15 is 0 Å². The highest BCUT2D eigenvalue weighted by molar-refractivity contribution is 6.06. The van der Waals surface area contributed by atoms with Crippen LogP contribution in [0.5, 0.6) is 0 Å². The lowest BCUT2D eigenvalue weighted by Crippen LogP contribution is -2.52. The summed E-state index contributed by atoms with van der Waals surface area (Å²) in [5.41, 5.74) is 2.35. The molecule has 3 N–H and O–H groups in total. The highest BCUT2D eigenvalue weighted by Gasteiger charge is 2.39. The average molecular weight is 399 g/mol. The molecule has 2 aliphatic heterocycles. The van der Waals surface area contributed by atoms with Gasteiger partial charge in [0.1, 0.15) is 6.04 Å². The number of anilines is 1. The Hall–Kier alpha value is -2.90. The van der Waals surface area contributed by atoms with Crippen LogP contribution in [0.4, 0.5) is 5.69 Å². The van der Waals surface area contributed by atoms with Gasteiger partial charge in [0.15, 0.2) is 0 Å². The van der Waals surface area contributed by atoms with Crippen molar-refractivity contribution in [2.24, 2.45) is 11.8 Å². The summed E-state index contributed by atoms with van der Waals surface area (Å²) in [6, 6.07) is 4.91. The molecule has 3 amide bonds. The van der Waals surface area contributed by atoms with Gasteiger partial charge in [-0.15, -0.1) is 0 Å². The van der Waals surface area contributed by atoms with E-state index < -0.39 is 17.9 Å². The van der Waals surface area contributed by atoms with Crippen molar-refractivity contribution in [2.45, 2.75) is 51.1 Å². The molecule has 0 radical (unpaired) electrons. The van der Waals surface area contributed by atoms with Gasteiger partial charge in [-0.05, 0) is 50.2 Å². The summed E-state index contributed by atoms with van der Waals surface area (Å²) < 4.78 is 0. The van der Waals surface area contributed by atoms with Gasteiger partial charge in [0, 0.05) is 36.3 Å². The minimum absolute atomic E-state index is 0.180. The van der Waals surface area contributed by atoms with E-state index in [9.17, 15) is 19.2 Å². The van der Waals surface area contributed by atoms with E-state index in [1.807, 2.05) is 12.1 Å². The first-order chi connectivity index (χ1) is 13.9. The van der Waals surface area contributed by atoms with Crippen LogP contribution in [-0.2, 0) is 20.9 Å². The average Bonchev–Trinajstić information content (AvgIpc) is 3.04. The molecule has 4 rings (SSSR count). The number of nitrogens with zero attached hydrogens (tertiary/aromatic N) is 1. The van der Waals surface area contributed by atoms with Gasteiger partial charge in [0.05, 0.1) is 5.92 Å². The predicted molar refractivity (Wildman–Crippen MR) is 104 cm³/mol. The molecule has 1 aliphatic carbocycles. The van der Waals surface area contributed by atoms with Crippen LogP contribution in [0.25, 0.3) is 0 Å². The van der Waals surface area contributed by atoms with Crippen LogP contribution < -0.4 is 10.6 Å². The molecule has 0 spiro atoms. The van der Waals surface area contributed by atoms with Crippen molar-refractivity contribution in [1.29, 1.82) is 0 Å². The van der Waals surface area contributed by atoms with Crippen molar-refractivity contribution in [3.05, 3.63) is 29.3 Å². The number of amides is 3. The third-order valence-corrected chi connectivity index (χ3v) is 6.36. The number of hydrogen-bond donors (Lipinski definition) is 3. The fourth-order valence-corrected chi connectivity index (χ4v) is 4.62. The molecule has 2 heterocycles. The van der Waals surface area contributed by atoms with E-state index in [2.05, 4.69) is 10.6 Å². The third-order valence-electron chi connectivity index (χ3n) is 6.36. The molecular weight excluding hydrogens is 374 g/mol. The van der Waals surface area contributed by atoms with Gasteiger partial charge in [-0.2, -0.15) is 0 Å². The third kappa shape index (κ3) is 3.83. The Balaban J connectivity index is 1.41. The lowest BCUT2D eigenvalue weighted by molar-refractivity contribution is -0.143. The lowest BCUT2D eigenvalue weighted by Gasteiger charge is -2.29. The Morgan fingerprint density at radius 2 is 1.90 bits per heavy atom. The number of fused-ring (bicyclic) bond motifs is 1. The van der Waals surface area contributed by atoms with Gasteiger partial charge in [-0.3, -0.25) is 24.5 Å². The molecule has 1 saturated carbocycles. The van der Waals surface area contributed by atoms with E-state index in [1.165, 1.54) is 0 Å². The molecule has 1 unspecified atom stereocenters. The molecule has 29 heavy (non-hydrogen) atoms. The molecule has 0 bridgehead atoms. The number of carboxylic acid groups (broad SMARTS) is 1. The second kappa shape index (κ2) is 7.85. The number of carbonyl (C=O) groups excluding carboxylic acids is 3. The molecule has 8 heteroatoms. The zero-order chi connectivity index (χ0) is 20.5. The Morgan fingerprint density at radius 1 is 1.14 bits per heavy atom. The molecular formula is C21H25N3O5. The quantitative estimate of drug-likeness (QED) is 0.650. The van der Waals surface area contributed by atoms with Crippen molar-refractivity contribution < 1.29 is 24.3 Å². The topological polar surface area (TPSA) is 116 Å². The van der Waals surface area contributed by atoms with E-state index in [0.29, 0.717) is 37.3 Å². The molecule has 154 valence electrons. The SMILES string of the molecule is O=C1CCC(N2Cc3c(NCC4CCC(C(=O)O)CC4)cccc3C2=O)C(=O)N1. The Labute approximate surface area is 168 Å².